The molecule has 1 fully saturated rings. The molecule has 0 unspecified atom stereocenters. The number of hydrogen-bond donors (Lipinski definition) is 5. The molecule has 4 aromatic rings. The lowest BCUT2D eigenvalue weighted by Crippen LogP contribution is -2.49. The molecule has 2 heterocycles. The second-order valence-electron chi connectivity index (χ2n) is 10.9. The third-order valence-electron chi connectivity index (χ3n) is 7.12. The summed E-state index contributed by atoms with van der Waals surface area (Å²) in [5.74, 6) is -3.13. The van der Waals surface area contributed by atoms with Gasteiger partial charge in [-0.3, -0.25) is 19.2 Å². The molecule has 0 saturated heterocycles. The van der Waals surface area contributed by atoms with Crippen molar-refractivity contribution in [2.45, 2.75) is 30.6 Å². The number of carbonyl (C=O) groups excluding carboxylic acids is 4. The maximum Gasteiger partial charge on any atom is 0.422 e. The molecule has 2 aromatic carbocycles. The number of benzene rings is 2. The van der Waals surface area contributed by atoms with Crippen LogP contribution in [-0.4, -0.2) is 68.3 Å². The summed E-state index contributed by atoms with van der Waals surface area (Å²) in [5.41, 5.74) is 0.898. The monoisotopic (exact) mass is 765 g/mol. The van der Waals surface area contributed by atoms with E-state index in [9.17, 15) is 32.3 Å². The number of anilines is 4. The summed E-state index contributed by atoms with van der Waals surface area (Å²) < 4.78 is 43.5. The van der Waals surface area contributed by atoms with E-state index in [2.05, 4.69) is 46.5 Å². The van der Waals surface area contributed by atoms with Gasteiger partial charge >= 0.3 is 24.0 Å². The maximum atomic E-state index is 12.9. The standard InChI is InChI=1S/C31H25Cl3F3N9O5/c32-18-5-3-17(4-6-18)30(11-12-30)46-28-43-27(44-29(45-28)51-15-31(35,36)37)41-19-7-1-16(2-8-19)24(48)42-21(23(34)47)14-39-25(49)26(50)40-20-9-10-22(33)38-13-20/h1-10,13,21H,11-12,14-15H2,(H,39,49)(H,40,50)(H,42,48)(H2,41,43,44,45,46)/t21-/m0/s1. The molecule has 5 N–H and O–H groups in total. The van der Waals surface area contributed by atoms with Gasteiger partial charge in [0, 0.05) is 22.8 Å². The summed E-state index contributed by atoms with van der Waals surface area (Å²) in [6.45, 7) is -2.14. The van der Waals surface area contributed by atoms with Crippen molar-refractivity contribution >= 4 is 81.0 Å². The van der Waals surface area contributed by atoms with Crippen molar-refractivity contribution in [2.24, 2.45) is 0 Å². The number of nitrogens with zero attached hydrogens (tertiary/aromatic N) is 4. The van der Waals surface area contributed by atoms with Gasteiger partial charge in [0.2, 0.25) is 17.1 Å². The summed E-state index contributed by atoms with van der Waals surface area (Å²) >= 11 is 17.3. The Labute approximate surface area is 301 Å². The molecule has 0 bridgehead atoms. The van der Waals surface area contributed by atoms with Crippen LogP contribution in [0, 0.1) is 0 Å². The number of rotatable bonds is 13. The molecule has 0 spiro atoms. The Morgan fingerprint density at radius 3 is 2.14 bits per heavy atom. The lowest BCUT2D eigenvalue weighted by atomic mass is 10.1. The highest BCUT2D eigenvalue weighted by Crippen LogP contribution is 2.48. The normalized spacial score (nSPS) is 13.7. The predicted molar refractivity (Wildman–Crippen MR) is 180 cm³/mol. The smallest absolute Gasteiger partial charge is 0.422 e. The first-order chi connectivity index (χ1) is 24.2. The minimum atomic E-state index is -4.64. The van der Waals surface area contributed by atoms with E-state index in [0.717, 1.165) is 5.56 Å². The molecule has 14 nitrogen and oxygen atoms in total. The average molecular weight is 767 g/mol. The van der Waals surface area contributed by atoms with Gasteiger partial charge in [-0.1, -0.05) is 35.3 Å². The van der Waals surface area contributed by atoms with Gasteiger partial charge in [0.1, 0.15) is 11.2 Å². The van der Waals surface area contributed by atoms with E-state index >= 15 is 0 Å². The average Bonchev–Trinajstić information content (AvgIpc) is 3.86. The van der Waals surface area contributed by atoms with Crippen LogP contribution < -0.4 is 31.3 Å². The molecule has 1 atom stereocenters. The molecule has 2 aromatic heterocycles. The first kappa shape index (κ1) is 37.0. The van der Waals surface area contributed by atoms with Crippen LogP contribution in [0.3, 0.4) is 0 Å². The number of hydrogen-bond acceptors (Lipinski definition) is 11. The van der Waals surface area contributed by atoms with Crippen molar-refractivity contribution in [3.05, 3.63) is 88.2 Å². The Hall–Kier alpha value is -5.26. The number of amides is 3. The lowest BCUT2D eigenvalue weighted by molar-refractivity contribution is -0.154. The quantitative estimate of drug-likeness (QED) is 0.0702. The molecule has 3 amide bonds. The Balaban J connectivity index is 1.22. The molecule has 20 heteroatoms. The van der Waals surface area contributed by atoms with Gasteiger partial charge in [0.05, 0.1) is 17.4 Å². The number of nitrogens with one attached hydrogen (secondary N) is 5. The predicted octanol–water partition coefficient (Wildman–Crippen LogP) is 4.98. The van der Waals surface area contributed by atoms with Crippen molar-refractivity contribution in [1.82, 2.24) is 30.6 Å². The SMILES string of the molecule is O=C(NC[C@H](NC(=O)c1ccc(Nc2nc(NC3(c4ccc(Cl)cc4)CC3)nc(OCC(F)(F)F)n2)cc1)C(=O)Cl)C(=O)Nc1ccc(Cl)nc1. The fraction of sp³-hybridized carbons (Fsp3) is 0.226. The third-order valence-corrected chi connectivity index (χ3v) is 7.86. The van der Waals surface area contributed by atoms with E-state index in [-0.39, 0.29) is 28.3 Å². The first-order valence-electron chi connectivity index (χ1n) is 14.8. The number of halogens is 6. The van der Waals surface area contributed by atoms with E-state index in [1.807, 2.05) is 12.1 Å². The molecular formula is C31H25Cl3F3N9O5. The zero-order valence-electron chi connectivity index (χ0n) is 25.9. The molecule has 1 saturated carbocycles. The van der Waals surface area contributed by atoms with Gasteiger partial charge in [-0.2, -0.15) is 28.1 Å². The van der Waals surface area contributed by atoms with Crippen molar-refractivity contribution in [3.8, 4) is 6.01 Å². The molecule has 0 aliphatic heterocycles. The molecule has 266 valence electrons. The van der Waals surface area contributed by atoms with Crippen LogP contribution in [0.4, 0.5) is 36.4 Å². The van der Waals surface area contributed by atoms with E-state index in [1.165, 1.54) is 42.6 Å². The number of ether oxygens (including phenoxy) is 1. The van der Waals surface area contributed by atoms with Gasteiger partial charge in [-0.05, 0) is 78.5 Å². The third kappa shape index (κ3) is 10.6. The van der Waals surface area contributed by atoms with Crippen LogP contribution in [0.25, 0.3) is 0 Å². The second kappa shape index (κ2) is 15.7. The van der Waals surface area contributed by atoms with Gasteiger partial charge in [-0.15, -0.1) is 0 Å². The highest BCUT2D eigenvalue weighted by atomic mass is 35.5. The summed E-state index contributed by atoms with van der Waals surface area (Å²) in [4.78, 5) is 65.3. The molecular weight excluding hydrogens is 742 g/mol. The number of pyridine rings is 1. The van der Waals surface area contributed by atoms with Crippen LogP contribution in [0.5, 0.6) is 6.01 Å². The van der Waals surface area contributed by atoms with Crippen LogP contribution in [-0.2, 0) is 19.9 Å². The Bertz CT molecular complexity index is 1920. The Morgan fingerprint density at radius 2 is 1.53 bits per heavy atom. The molecule has 1 aliphatic carbocycles. The second-order valence-corrected chi connectivity index (χ2v) is 12.1. The fourth-order valence-electron chi connectivity index (χ4n) is 4.45. The zero-order valence-corrected chi connectivity index (χ0v) is 28.1. The largest absolute Gasteiger partial charge is 0.454 e. The number of aromatic nitrogens is 4. The highest BCUT2D eigenvalue weighted by molar-refractivity contribution is 6.65. The topological polar surface area (TPSA) is 189 Å². The molecule has 51 heavy (non-hydrogen) atoms. The summed E-state index contributed by atoms with van der Waals surface area (Å²) in [7, 11) is 0. The minimum absolute atomic E-state index is 0.0449. The summed E-state index contributed by atoms with van der Waals surface area (Å²) in [5, 5.41) is 12.6. The van der Waals surface area contributed by atoms with E-state index < -0.39 is 59.9 Å². The van der Waals surface area contributed by atoms with Crippen molar-refractivity contribution in [1.29, 1.82) is 0 Å². The number of alkyl halides is 3. The van der Waals surface area contributed by atoms with Crippen molar-refractivity contribution < 1.29 is 37.1 Å². The van der Waals surface area contributed by atoms with Gasteiger partial charge < -0.3 is 31.3 Å². The van der Waals surface area contributed by atoms with E-state index in [0.29, 0.717) is 23.6 Å². The Morgan fingerprint density at radius 1 is 0.863 bits per heavy atom. The zero-order chi connectivity index (χ0) is 36.8. The summed E-state index contributed by atoms with van der Waals surface area (Å²) in [6, 6.07) is 13.5. The van der Waals surface area contributed by atoms with Gasteiger partial charge in [-0.25, -0.2) is 4.98 Å². The van der Waals surface area contributed by atoms with Crippen molar-refractivity contribution in [2.75, 3.05) is 29.1 Å². The lowest BCUT2D eigenvalue weighted by Gasteiger charge is -2.19. The number of carbonyl (C=O) groups is 4. The van der Waals surface area contributed by atoms with Gasteiger partial charge in [0.15, 0.2) is 6.61 Å². The minimum Gasteiger partial charge on any atom is -0.454 e. The van der Waals surface area contributed by atoms with Gasteiger partial charge in [0.25, 0.3) is 5.91 Å². The van der Waals surface area contributed by atoms with Crippen LogP contribution in [0.2, 0.25) is 10.2 Å². The van der Waals surface area contributed by atoms with Crippen LogP contribution >= 0.6 is 34.8 Å². The maximum absolute atomic E-state index is 12.9. The van der Waals surface area contributed by atoms with Crippen LogP contribution in [0.15, 0.2) is 66.9 Å². The van der Waals surface area contributed by atoms with Crippen molar-refractivity contribution in [3.63, 3.8) is 0 Å². The highest BCUT2D eigenvalue weighted by Gasteiger charge is 2.45. The summed E-state index contributed by atoms with van der Waals surface area (Å²) in [6.07, 6.45) is -2.01. The molecule has 0 radical (unpaired) electrons. The fourth-order valence-corrected chi connectivity index (χ4v) is 4.82. The van der Waals surface area contributed by atoms with E-state index in [1.54, 1.807) is 12.1 Å². The van der Waals surface area contributed by atoms with E-state index in [4.69, 9.17) is 39.5 Å². The first-order valence-corrected chi connectivity index (χ1v) is 15.9. The van der Waals surface area contributed by atoms with Crippen LogP contribution in [0.1, 0.15) is 28.8 Å². The Kier molecular flexibility index (Phi) is 11.4. The molecule has 5 rings (SSSR count). The molecule has 1 aliphatic rings.